The molecule has 0 radical (unpaired) electrons. The lowest BCUT2D eigenvalue weighted by molar-refractivity contribution is -0.105. The average Bonchev–Trinajstić information content (AvgIpc) is 1.88. The Hall–Kier alpha value is -1.16. The number of amides is 1. The lowest BCUT2D eigenvalue weighted by atomic mass is 10.7. The first-order valence-corrected chi connectivity index (χ1v) is 2.89. The maximum Gasteiger partial charge on any atom is 0.230 e. The monoisotopic (exact) mass is 157 g/mol. The van der Waals surface area contributed by atoms with Crippen molar-refractivity contribution in [2.24, 2.45) is 0 Å². The van der Waals surface area contributed by atoms with E-state index in [-0.39, 0.29) is 5.95 Å². The molecule has 0 aliphatic rings. The Morgan fingerprint density at radius 2 is 2.50 bits per heavy atom. The predicted octanol–water partition coefficient (Wildman–Crippen LogP) is 0.698. The Kier molecular flexibility index (Phi) is 2.17. The highest BCUT2D eigenvalue weighted by molar-refractivity contribution is 6.29. The van der Waals surface area contributed by atoms with Crippen molar-refractivity contribution in [1.29, 1.82) is 0 Å². The van der Waals surface area contributed by atoms with Crippen LogP contribution < -0.4 is 5.32 Å². The fourth-order valence-electron chi connectivity index (χ4n) is 0.459. The van der Waals surface area contributed by atoms with E-state index < -0.39 is 0 Å². The first-order valence-electron chi connectivity index (χ1n) is 2.51. The van der Waals surface area contributed by atoms with E-state index in [9.17, 15) is 4.79 Å². The highest BCUT2D eigenvalue weighted by atomic mass is 35.5. The Morgan fingerprint density at radius 3 is 3.10 bits per heavy atom. The predicted molar refractivity (Wildman–Crippen MR) is 36.7 cm³/mol. The number of aromatic nitrogens is 2. The molecule has 1 aromatic heterocycles. The van der Waals surface area contributed by atoms with Gasteiger partial charge in [-0.3, -0.25) is 10.1 Å². The molecule has 5 heteroatoms. The Morgan fingerprint density at radius 1 is 1.70 bits per heavy atom. The van der Waals surface area contributed by atoms with Crippen LogP contribution in [0.5, 0.6) is 0 Å². The minimum atomic E-state index is 0.211. The topological polar surface area (TPSA) is 54.9 Å². The van der Waals surface area contributed by atoms with Gasteiger partial charge in [0.1, 0.15) is 5.15 Å². The fourth-order valence-corrected chi connectivity index (χ4v) is 0.595. The number of nitrogens with one attached hydrogen (secondary N) is 1. The molecule has 0 saturated carbocycles. The highest BCUT2D eigenvalue weighted by Gasteiger charge is 1.92. The lowest BCUT2D eigenvalue weighted by Crippen LogP contribution is -1.98. The van der Waals surface area contributed by atoms with Crippen LogP contribution in [-0.4, -0.2) is 16.4 Å². The number of hydrogen-bond acceptors (Lipinski definition) is 3. The van der Waals surface area contributed by atoms with Gasteiger partial charge in [0.15, 0.2) is 0 Å². The molecular weight excluding hydrogens is 154 g/mol. The van der Waals surface area contributed by atoms with Gasteiger partial charge in [-0.2, -0.15) is 0 Å². The number of nitrogens with zero attached hydrogens (tertiary/aromatic N) is 2. The number of anilines is 1. The zero-order valence-electron chi connectivity index (χ0n) is 4.91. The summed E-state index contributed by atoms with van der Waals surface area (Å²) >= 11 is 5.47. The Balaban J connectivity index is 2.84. The molecule has 0 spiro atoms. The van der Waals surface area contributed by atoms with E-state index in [1.54, 1.807) is 0 Å². The molecule has 4 nitrogen and oxygen atoms in total. The van der Waals surface area contributed by atoms with Crippen molar-refractivity contribution in [1.82, 2.24) is 9.97 Å². The standard InChI is InChI=1S/C5H4ClN3O/c6-4-1-2-7-5(9-4)8-3-10/h1-3H,(H,7,8,9,10). The third-order valence-electron chi connectivity index (χ3n) is 0.810. The molecule has 1 amide bonds. The normalized spacial score (nSPS) is 8.90. The zero-order valence-corrected chi connectivity index (χ0v) is 5.67. The second kappa shape index (κ2) is 3.12. The molecule has 0 bridgehead atoms. The van der Waals surface area contributed by atoms with Crippen LogP contribution in [0.15, 0.2) is 12.3 Å². The van der Waals surface area contributed by atoms with Crippen LogP contribution in [0.1, 0.15) is 0 Å². The van der Waals surface area contributed by atoms with Gasteiger partial charge in [0, 0.05) is 6.20 Å². The number of carbonyl (C=O) groups is 1. The summed E-state index contributed by atoms with van der Waals surface area (Å²) in [6.45, 7) is 0. The van der Waals surface area contributed by atoms with E-state index in [0.29, 0.717) is 11.6 Å². The van der Waals surface area contributed by atoms with Gasteiger partial charge in [-0.05, 0) is 6.07 Å². The maximum absolute atomic E-state index is 9.85. The first-order chi connectivity index (χ1) is 4.83. The summed E-state index contributed by atoms with van der Waals surface area (Å²) in [5, 5.41) is 2.57. The summed E-state index contributed by atoms with van der Waals surface area (Å²) in [4.78, 5) is 17.2. The number of halogens is 1. The molecule has 0 atom stereocenters. The molecule has 0 unspecified atom stereocenters. The number of hydrogen-bond donors (Lipinski definition) is 1. The average molecular weight is 158 g/mol. The molecule has 0 fully saturated rings. The van der Waals surface area contributed by atoms with E-state index in [4.69, 9.17) is 11.6 Å². The molecule has 1 N–H and O–H groups in total. The van der Waals surface area contributed by atoms with Gasteiger partial charge in [-0.15, -0.1) is 0 Å². The van der Waals surface area contributed by atoms with Gasteiger partial charge in [-0.25, -0.2) is 9.97 Å². The third-order valence-corrected chi connectivity index (χ3v) is 1.02. The second-order valence-corrected chi connectivity index (χ2v) is 1.85. The van der Waals surface area contributed by atoms with Crippen LogP contribution in [0.4, 0.5) is 5.95 Å². The van der Waals surface area contributed by atoms with Gasteiger partial charge in [0.2, 0.25) is 12.4 Å². The van der Waals surface area contributed by atoms with E-state index in [2.05, 4.69) is 15.3 Å². The van der Waals surface area contributed by atoms with Crippen LogP contribution in [-0.2, 0) is 4.79 Å². The van der Waals surface area contributed by atoms with Crippen molar-refractivity contribution in [2.75, 3.05) is 5.32 Å². The van der Waals surface area contributed by atoms with Crippen LogP contribution in [0.3, 0.4) is 0 Å². The van der Waals surface area contributed by atoms with Gasteiger partial charge in [-0.1, -0.05) is 11.6 Å². The summed E-state index contributed by atoms with van der Waals surface area (Å²) < 4.78 is 0. The largest absolute Gasteiger partial charge is 0.297 e. The van der Waals surface area contributed by atoms with Crippen LogP contribution in [0.2, 0.25) is 5.15 Å². The van der Waals surface area contributed by atoms with Gasteiger partial charge >= 0.3 is 0 Å². The van der Waals surface area contributed by atoms with Crippen LogP contribution >= 0.6 is 11.6 Å². The van der Waals surface area contributed by atoms with E-state index in [0.717, 1.165) is 0 Å². The molecule has 0 saturated heterocycles. The minimum Gasteiger partial charge on any atom is -0.297 e. The summed E-state index contributed by atoms with van der Waals surface area (Å²) in [5.74, 6) is 0.211. The highest BCUT2D eigenvalue weighted by Crippen LogP contribution is 2.03. The number of carbonyl (C=O) groups excluding carboxylic acids is 1. The van der Waals surface area contributed by atoms with Crippen molar-refractivity contribution in [3.63, 3.8) is 0 Å². The third kappa shape index (κ3) is 1.66. The van der Waals surface area contributed by atoms with E-state index in [1.807, 2.05) is 0 Å². The van der Waals surface area contributed by atoms with Gasteiger partial charge in [0.25, 0.3) is 0 Å². The van der Waals surface area contributed by atoms with Crippen LogP contribution in [0.25, 0.3) is 0 Å². The number of rotatable bonds is 2. The molecule has 0 aromatic carbocycles. The van der Waals surface area contributed by atoms with Crippen LogP contribution in [0, 0.1) is 0 Å². The quantitative estimate of drug-likeness (QED) is 0.508. The van der Waals surface area contributed by atoms with Crippen molar-refractivity contribution >= 4 is 24.0 Å². The molecule has 0 aliphatic carbocycles. The molecular formula is C5H4ClN3O. The Bertz CT molecular complexity index is 240. The summed E-state index contributed by atoms with van der Waals surface area (Å²) in [5.41, 5.74) is 0. The Labute approximate surface area is 62.3 Å². The zero-order chi connectivity index (χ0) is 7.40. The SMILES string of the molecule is O=CNc1nccc(Cl)n1. The fraction of sp³-hybridized carbons (Fsp3) is 0. The summed E-state index contributed by atoms with van der Waals surface area (Å²) in [6, 6.07) is 1.53. The van der Waals surface area contributed by atoms with E-state index in [1.165, 1.54) is 12.3 Å². The summed E-state index contributed by atoms with van der Waals surface area (Å²) in [6.07, 6.45) is 1.95. The lowest BCUT2D eigenvalue weighted by Gasteiger charge is -1.93. The summed E-state index contributed by atoms with van der Waals surface area (Å²) in [7, 11) is 0. The molecule has 52 valence electrons. The molecule has 1 aromatic rings. The molecule has 0 aliphatic heterocycles. The van der Waals surface area contributed by atoms with Gasteiger partial charge in [0.05, 0.1) is 0 Å². The second-order valence-electron chi connectivity index (χ2n) is 1.47. The molecule has 10 heavy (non-hydrogen) atoms. The molecule has 1 heterocycles. The first kappa shape index (κ1) is 6.95. The molecule has 1 rings (SSSR count). The van der Waals surface area contributed by atoms with E-state index >= 15 is 0 Å². The van der Waals surface area contributed by atoms with Crippen molar-refractivity contribution in [3.05, 3.63) is 17.4 Å². The van der Waals surface area contributed by atoms with Crippen molar-refractivity contribution < 1.29 is 4.79 Å². The van der Waals surface area contributed by atoms with Gasteiger partial charge < -0.3 is 0 Å². The smallest absolute Gasteiger partial charge is 0.230 e. The minimum absolute atomic E-state index is 0.211. The maximum atomic E-state index is 9.85. The van der Waals surface area contributed by atoms with Crippen molar-refractivity contribution in [3.8, 4) is 0 Å². The van der Waals surface area contributed by atoms with Crippen molar-refractivity contribution in [2.45, 2.75) is 0 Å².